The van der Waals surface area contributed by atoms with Crippen molar-refractivity contribution in [3.63, 3.8) is 0 Å². The molecule has 1 aromatic rings. The molecular formula is C13H10O6. The third kappa shape index (κ3) is 1.43. The Morgan fingerprint density at radius 2 is 1.89 bits per heavy atom. The highest BCUT2D eigenvalue weighted by atomic mass is 16.6. The minimum Gasteiger partial charge on any atom is -0.504 e. The van der Waals surface area contributed by atoms with Crippen molar-refractivity contribution in [2.75, 3.05) is 6.61 Å². The van der Waals surface area contributed by atoms with E-state index >= 15 is 0 Å². The van der Waals surface area contributed by atoms with Crippen LogP contribution < -0.4 is 4.74 Å². The van der Waals surface area contributed by atoms with Gasteiger partial charge >= 0.3 is 0 Å². The van der Waals surface area contributed by atoms with Gasteiger partial charge < -0.3 is 19.7 Å². The van der Waals surface area contributed by atoms with Crippen LogP contribution in [-0.2, 0) is 9.53 Å². The molecule has 0 aliphatic carbocycles. The van der Waals surface area contributed by atoms with E-state index in [9.17, 15) is 19.8 Å². The molecule has 98 valence electrons. The van der Waals surface area contributed by atoms with Gasteiger partial charge in [-0.3, -0.25) is 9.59 Å². The Bertz CT molecular complexity index is 645. The molecule has 1 atom stereocenters. The lowest BCUT2D eigenvalue weighted by molar-refractivity contribution is -0.128. The molecule has 3 rings (SSSR count). The third-order valence-corrected chi connectivity index (χ3v) is 3.19. The van der Waals surface area contributed by atoms with E-state index in [1.165, 1.54) is 6.08 Å². The molecule has 2 heterocycles. The molecule has 2 N–H and O–H groups in total. The summed E-state index contributed by atoms with van der Waals surface area (Å²) in [5.74, 6) is -1.45. The standard InChI is InChI=1S/C13H10O6/c1-6-2-11(16)13(19-6)5-18-10-4-9(15)8(14)3-7(10)12(13)17/h2-4,14-15H,5H2,1H3/t13-/m0/s1. The van der Waals surface area contributed by atoms with E-state index in [0.717, 1.165) is 12.1 Å². The maximum atomic E-state index is 12.4. The molecule has 1 spiro atoms. The van der Waals surface area contributed by atoms with Gasteiger partial charge in [0.1, 0.15) is 12.4 Å². The molecule has 0 aromatic heterocycles. The Labute approximate surface area is 107 Å². The molecule has 6 heteroatoms. The number of rotatable bonds is 0. The molecule has 0 unspecified atom stereocenters. The molecule has 2 aliphatic rings. The fourth-order valence-corrected chi connectivity index (χ4v) is 2.23. The monoisotopic (exact) mass is 262 g/mol. The van der Waals surface area contributed by atoms with E-state index in [1.54, 1.807) is 6.92 Å². The highest BCUT2D eigenvalue weighted by molar-refractivity contribution is 6.23. The Balaban J connectivity index is 2.11. The smallest absolute Gasteiger partial charge is 0.266 e. The Morgan fingerprint density at radius 1 is 1.21 bits per heavy atom. The van der Waals surface area contributed by atoms with Crippen LogP contribution in [0.4, 0.5) is 0 Å². The maximum Gasteiger partial charge on any atom is 0.266 e. The summed E-state index contributed by atoms with van der Waals surface area (Å²) in [5, 5.41) is 18.8. The van der Waals surface area contributed by atoms with Gasteiger partial charge in [-0.15, -0.1) is 0 Å². The molecule has 0 saturated carbocycles. The minimum absolute atomic E-state index is 0.0120. The normalized spacial score (nSPS) is 24.8. The number of carbonyl (C=O) groups is 2. The summed E-state index contributed by atoms with van der Waals surface area (Å²) in [6, 6.07) is 2.20. The number of phenolic OH excluding ortho intramolecular Hbond substituents is 2. The fourth-order valence-electron chi connectivity index (χ4n) is 2.23. The van der Waals surface area contributed by atoms with Crippen LogP contribution in [0.25, 0.3) is 0 Å². The second-order valence-electron chi connectivity index (χ2n) is 4.50. The number of carbonyl (C=O) groups excluding carboxylic acids is 2. The maximum absolute atomic E-state index is 12.4. The van der Waals surface area contributed by atoms with Crippen LogP contribution in [-0.4, -0.2) is 34.0 Å². The summed E-state index contributed by atoms with van der Waals surface area (Å²) in [6.07, 6.45) is 1.24. The van der Waals surface area contributed by atoms with E-state index in [1.807, 2.05) is 0 Å². The quantitative estimate of drug-likeness (QED) is 0.533. The van der Waals surface area contributed by atoms with Crippen molar-refractivity contribution in [1.29, 1.82) is 0 Å². The van der Waals surface area contributed by atoms with E-state index in [0.29, 0.717) is 5.76 Å². The van der Waals surface area contributed by atoms with Crippen molar-refractivity contribution in [1.82, 2.24) is 0 Å². The van der Waals surface area contributed by atoms with Crippen LogP contribution in [0.5, 0.6) is 17.2 Å². The Kier molecular flexibility index (Phi) is 2.14. The molecule has 0 radical (unpaired) electrons. The number of Topliss-reactive ketones (excluding diaryl/α,β-unsaturated/α-hetero) is 1. The predicted molar refractivity (Wildman–Crippen MR) is 62.2 cm³/mol. The number of ether oxygens (including phenoxy) is 2. The summed E-state index contributed by atoms with van der Waals surface area (Å²) in [6.45, 7) is 1.32. The number of hydrogen-bond acceptors (Lipinski definition) is 6. The predicted octanol–water partition coefficient (Wildman–Crippen LogP) is 0.915. The molecule has 2 aliphatic heterocycles. The van der Waals surface area contributed by atoms with Crippen molar-refractivity contribution in [2.45, 2.75) is 12.5 Å². The number of allylic oxidation sites excluding steroid dienone is 1. The van der Waals surface area contributed by atoms with Crippen molar-refractivity contribution < 1.29 is 29.3 Å². The van der Waals surface area contributed by atoms with Crippen LogP contribution >= 0.6 is 0 Å². The van der Waals surface area contributed by atoms with Gasteiger partial charge in [-0.1, -0.05) is 0 Å². The lowest BCUT2D eigenvalue weighted by Gasteiger charge is -2.31. The van der Waals surface area contributed by atoms with E-state index < -0.39 is 28.7 Å². The van der Waals surface area contributed by atoms with Gasteiger partial charge in [0.15, 0.2) is 11.5 Å². The summed E-state index contributed by atoms with van der Waals surface area (Å²) < 4.78 is 10.6. The van der Waals surface area contributed by atoms with Crippen LogP contribution in [0.1, 0.15) is 17.3 Å². The highest BCUT2D eigenvalue weighted by Crippen LogP contribution is 2.41. The highest BCUT2D eigenvalue weighted by Gasteiger charge is 2.55. The molecule has 0 amide bonds. The van der Waals surface area contributed by atoms with Crippen molar-refractivity contribution in [3.8, 4) is 17.2 Å². The molecule has 6 nitrogen and oxygen atoms in total. The Morgan fingerprint density at radius 3 is 2.53 bits per heavy atom. The van der Waals surface area contributed by atoms with Crippen molar-refractivity contribution >= 4 is 11.6 Å². The molecule has 0 saturated heterocycles. The largest absolute Gasteiger partial charge is 0.504 e. The van der Waals surface area contributed by atoms with Crippen LogP contribution in [0.15, 0.2) is 24.0 Å². The number of phenols is 2. The second-order valence-corrected chi connectivity index (χ2v) is 4.50. The first kappa shape index (κ1) is 11.6. The van der Waals surface area contributed by atoms with Crippen LogP contribution in [0.3, 0.4) is 0 Å². The van der Waals surface area contributed by atoms with Gasteiger partial charge in [-0.2, -0.15) is 0 Å². The number of ketones is 2. The van der Waals surface area contributed by atoms with E-state index in [2.05, 4.69) is 0 Å². The summed E-state index contributed by atoms with van der Waals surface area (Å²) in [5.41, 5.74) is -1.68. The van der Waals surface area contributed by atoms with Gasteiger partial charge in [0.25, 0.3) is 5.60 Å². The number of aromatic hydroxyl groups is 2. The number of benzene rings is 1. The lowest BCUT2D eigenvalue weighted by Crippen LogP contribution is -2.52. The molecular weight excluding hydrogens is 252 g/mol. The fraction of sp³-hybridized carbons (Fsp3) is 0.231. The molecule has 0 fully saturated rings. The van der Waals surface area contributed by atoms with Gasteiger partial charge in [-0.05, 0) is 13.0 Å². The molecule has 1 aromatic carbocycles. The van der Waals surface area contributed by atoms with Gasteiger partial charge in [0.2, 0.25) is 11.6 Å². The number of hydrogen-bond donors (Lipinski definition) is 2. The van der Waals surface area contributed by atoms with Gasteiger partial charge in [0, 0.05) is 12.1 Å². The van der Waals surface area contributed by atoms with Gasteiger partial charge in [-0.25, -0.2) is 0 Å². The van der Waals surface area contributed by atoms with Crippen LogP contribution in [0.2, 0.25) is 0 Å². The molecule has 0 bridgehead atoms. The van der Waals surface area contributed by atoms with Crippen LogP contribution in [0, 0.1) is 0 Å². The van der Waals surface area contributed by atoms with Crippen molar-refractivity contribution in [2.24, 2.45) is 0 Å². The average Bonchev–Trinajstić information content (AvgIpc) is 2.63. The first-order valence-electron chi connectivity index (χ1n) is 5.59. The second kappa shape index (κ2) is 3.50. The van der Waals surface area contributed by atoms with Gasteiger partial charge in [0.05, 0.1) is 11.3 Å². The zero-order valence-electron chi connectivity index (χ0n) is 9.97. The van der Waals surface area contributed by atoms with E-state index in [-0.39, 0.29) is 17.9 Å². The zero-order valence-corrected chi connectivity index (χ0v) is 9.97. The van der Waals surface area contributed by atoms with Crippen molar-refractivity contribution in [3.05, 3.63) is 29.5 Å². The minimum atomic E-state index is -1.69. The average molecular weight is 262 g/mol. The number of fused-ring (bicyclic) bond motifs is 1. The third-order valence-electron chi connectivity index (χ3n) is 3.19. The zero-order chi connectivity index (χ0) is 13.8. The first-order chi connectivity index (χ1) is 8.94. The lowest BCUT2D eigenvalue weighted by atomic mass is 9.87. The SMILES string of the molecule is CC1=CC(=O)[C@]2(COc3cc(O)c(O)cc3C2=O)O1. The summed E-state index contributed by atoms with van der Waals surface area (Å²) >= 11 is 0. The topological polar surface area (TPSA) is 93.1 Å². The first-order valence-corrected chi connectivity index (χ1v) is 5.59. The summed E-state index contributed by atoms with van der Waals surface area (Å²) in [7, 11) is 0. The Hall–Kier alpha value is -2.50. The molecule has 19 heavy (non-hydrogen) atoms. The summed E-state index contributed by atoms with van der Waals surface area (Å²) in [4.78, 5) is 24.3. The van der Waals surface area contributed by atoms with E-state index in [4.69, 9.17) is 9.47 Å².